The number of rotatable bonds is 4. The Labute approximate surface area is 167 Å². The molecule has 4 nitrogen and oxygen atoms in total. The molecule has 5 rings (SSSR count). The normalized spacial score (nSPS) is 22.6. The van der Waals surface area contributed by atoms with Crippen LogP contribution in [-0.2, 0) is 17.6 Å². The number of hydrogen-bond donors (Lipinski definition) is 0. The molecule has 1 aromatic rings. The van der Waals surface area contributed by atoms with E-state index < -0.39 is 0 Å². The lowest BCUT2D eigenvalue weighted by Crippen LogP contribution is -2.45. The first-order chi connectivity index (χ1) is 13.8. The summed E-state index contributed by atoms with van der Waals surface area (Å²) in [6.45, 7) is 3.87. The number of nitrogens with zero attached hydrogens (tertiary/aromatic N) is 2. The molecule has 1 saturated heterocycles. The van der Waals surface area contributed by atoms with Gasteiger partial charge >= 0.3 is 0 Å². The van der Waals surface area contributed by atoms with Crippen LogP contribution in [0.1, 0.15) is 43.2 Å². The van der Waals surface area contributed by atoms with Crippen LogP contribution in [0.15, 0.2) is 42.1 Å². The molecule has 2 aliphatic carbocycles. The van der Waals surface area contributed by atoms with Crippen molar-refractivity contribution in [2.45, 2.75) is 51.0 Å². The summed E-state index contributed by atoms with van der Waals surface area (Å²) in [6.07, 6.45) is 14.2. The zero-order chi connectivity index (χ0) is 18.9. The molecule has 148 valence electrons. The number of ether oxygens (including phenoxy) is 1. The fourth-order valence-corrected chi connectivity index (χ4v) is 4.73. The molecule has 1 aromatic carbocycles. The Morgan fingerprint density at radius 3 is 2.36 bits per heavy atom. The average molecular weight is 379 g/mol. The van der Waals surface area contributed by atoms with Crippen LogP contribution < -0.4 is 4.74 Å². The number of carbonyl (C=O) groups excluding carboxylic acids is 1. The zero-order valence-electron chi connectivity index (χ0n) is 16.6. The lowest BCUT2D eigenvalue weighted by Gasteiger charge is -2.36. The predicted octanol–water partition coefficient (Wildman–Crippen LogP) is 3.71. The monoisotopic (exact) mass is 378 g/mol. The number of hydrogen-bond acceptors (Lipinski definition) is 3. The second kappa shape index (κ2) is 7.65. The maximum atomic E-state index is 12.4. The molecular weight excluding hydrogens is 348 g/mol. The second-order valence-electron chi connectivity index (χ2n) is 8.64. The molecule has 0 spiro atoms. The number of allylic oxidation sites excluding steroid dienone is 3. The summed E-state index contributed by atoms with van der Waals surface area (Å²) in [5.74, 6) is 1.70. The largest absolute Gasteiger partial charge is 0.490 e. The van der Waals surface area contributed by atoms with E-state index in [1.807, 2.05) is 0 Å². The SMILES string of the molecule is O=C(C1CCC1)N1CCC(Oc2ccc3c(c2)CCN(C2=CC=C2)CC3)CC1. The summed E-state index contributed by atoms with van der Waals surface area (Å²) in [6, 6.07) is 6.66. The van der Waals surface area contributed by atoms with Crippen LogP contribution in [0.4, 0.5) is 0 Å². The quantitative estimate of drug-likeness (QED) is 0.801. The minimum absolute atomic E-state index is 0.232. The van der Waals surface area contributed by atoms with E-state index in [1.54, 1.807) is 0 Å². The molecule has 2 aliphatic heterocycles. The van der Waals surface area contributed by atoms with E-state index in [2.05, 4.69) is 46.2 Å². The summed E-state index contributed by atoms with van der Waals surface area (Å²) in [7, 11) is 0. The highest BCUT2D eigenvalue weighted by Crippen LogP contribution is 2.30. The van der Waals surface area contributed by atoms with Crippen molar-refractivity contribution in [1.29, 1.82) is 0 Å². The summed E-state index contributed by atoms with van der Waals surface area (Å²) < 4.78 is 6.32. The van der Waals surface area contributed by atoms with E-state index in [1.165, 1.54) is 23.2 Å². The van der Waals surface area contributed by atoms with Crippen molar-refractivity contribution in [1.82, 2.24) is 9.80 Å². The Morgan fingerprint density at radius 2 is 1.71 bits per heavy atom. The Bertz CT molecular complexity index is 801. The van der Waals surface area contributed by atoms with Crippen molar-refractivity contribution in [3.05, 3.63) is 53.3 Å². The van der Waals surface area contributed by atoms with Gasteiger partial charge in [0.2, 0.25) is 5.91 Å². The fourth-order valence-electron chi connectivity index (χ4n) is 4.73. The molecule has 1 saturated carbocycles. The number of likely N-dealkylation sites (tertiary alicyclic amines) is 1. The Kier molecular flexibility index (Phi) is 4.87. The molecule has 0 unspecified atom stereocenters. The van der Waals surface area contributed by atoms with E-state index in [0.29, 0.717) is 11.8 Å². The lowest BCUT2D eigenvalue weighted by molar-refractivity contribution is -0.140. The van der Waals surface area contributed by atoms with E-state index in [9.17, 15) is 4.79 Å². The van der Waals surface area contributed by atoms with Crippen LogP contribution in [0.25, 0.3) is 0 Å². The van der Waals surface area contributed by atoms with Gasteiger partial charge in [-0.3, -0.25) is 4.79 Å². The molecule has 0 N–H and O–H groups in total. The van der Waals surface area contributed by atoms with Gasteiger partial charge in [0, 0.05) is 50.6 Å². The van der Waals surface area contributed by atoms with Crippen LogP contribution in [0, 0.1) is 5.92 Å². The van der Waals surface area contributed by atoms with Gasteiger partial charge in [0.1, 0.15) is 11.9 Å². The van der Waals surface area contributed by atoms with Crippen molar-refractivity contribution in [3.63, 3.8) is 0 Å². The smallest absolute Gasteiger partial charge is 0.225 e. The highest BCUT2D eigenvalue weighted by atomic mass is 16.5. The van der Waals surface area contributed by atoms with E-state index in [-0.39, 0.29) is 6.10 Å². The van der Waals surface area contributed by atoms with Gasteiger partial charge in [0.05, 0.1) is 0 Å². The maximum Gasteiger partial charge on any atom is 0.225 e. The number of fused-ring (bicyclic) bond motifs is 1. The molecule has 0 aromatic heterocycles. The molecule has 2 fully saturated rings. The lowest BCUT2D eigenvalue weighted by atomic mass is 9.84. The van der Waals surface area contributed by atoms with Crippen molar-refractivity contribution in [2.24, 2.45) is 5.92 Å². The van der Waals surface area contributed by atoms with Gasteiger partial charge in [-0.2, -0.15) is 0 Å². The summed E-state index contributed by atoms with van der Waals surface area (Å²) in [4.78, 5) is 17.0. The molecule has 4 heteroatoms. The first kappa shape index (κ1) is 17.8. The summed E-state index contributed by atoms with van der Waals surface area (Å²) >= 11 is 0. The van der Waals surface area contributed by atoms with Gasteiger partial charge in [-0.1, -0.05) is 18.6 Å². The standard InChI is InChI=1S/C24H30N2O2/c27-24(19-3-1-4-19)26-15-11-22(12-16-26)28-23-8-7-18-9-13-25(21-5-2-6-21)14-10-20(18)17-23/h2,5-8,17,19,22H,1,3-4,9-16H2. The summed E-state index contributed by atoms with van der Waals surface area (Å²) in [5, 5.41) is 0. The number of amides is 1. The van der Waals surface area contributed by atoms with Gasteiger partial charge in [0.25, 0.3) is 0 Å². The van der Waals surface area contributed by atoms with Crippen molar-refractivity contribution >= 4 is 5.91 Å². The highest BCUT2D eigenvalue weighted by Gasteiger charge is 2.32. The van der Waals surface area contributed by atoms with E-state index >= 15 is 0 Å². The number of piperidine rings is 1. The first-order valence-electron chi connectivity index (χ1n) is 11.0. The first-order valence-corrected chi connectivity index (χ1v) is 11.0. The minimum Gasteiger partial charge on any atom is -0.490 e. The van der Waals surface area contributed by atoms with Crippen molar-refractivity contribution in [3.8, 4) is 5.75 Å². The Hall–Kier alpha value is -2.23. The third kappa shape index (κ3) is 3.57. The maximum absolute atomic E-state index is 12.4. The van der Waals surface area contributed by atoms with E-state index in [4.69, 9.17) is 4.74 Å². The molecule has 4 aliphatic rings. The van der Waals surface area contributed by atoms with Crippen LogP contribution in [0.3, 0.4) is 0 Å². The molecular formula is C24H30N2O2. The third-order valence-electron chi connectivity index (χ3n) is 6.89. The van der Waals surface area contributed by atoms with E-state index in [0.717, 1.165) is 70.5 Å². The summed E-state index contributed by atoms with van der Waals surface area (Å²) in [5.41, 5.74) is 4.26. The van der Waals surface area contributed by atoms with Crippen LogP contribution >= 0.6 is 0 Å². The van der Waals surface area contributed by atoms with Crippen LogP contribution in [-0.4, -0.2) is 48.0 Å². The fraction of sp³-hybridized carbons (Fsp3) is 0.542. The Morgan fingerprint density at radius 1 is 0.964 bits per heavy atom. The van der Waals surface area contributed by atoms with Gasteiger partial charge in [-0.05, 0) is 61.1 Å². The minimum atomic E-state index is 0.232. The highest BCUT2D eigenvalue weighted by molar-refractivity contribution is 5.79. The number of carbonyl (C=O) groups is 1. The molecule has 0 radical (unpaired) electrons. The zero-order valence-corrected chi connectivity index (χ0v) is 16.6. The predicted molar refractivity (Wildman–Crippen MR) is 110 cm³/mol. The van der Waals surface area contributed by atoms with Gasteiger partial charge in [-0.15, -0.1) is 0 Å². The van der Waals surface area contributed by atoms with Crippen LogP contribution in [0.2, 0.25) is 0 Å². The Balaban J connectivity index is 1.16. The van der Waals surface area contributed by atoms with Gasteiger partial charge < -0.3 is 14.5 Å². The topological polar surface area (TPSA) is 32.8 Å². The van der Waals surface area contributed by atoms with Crippen LogP contribution in [0.5, 0.6) is 5.75 Å². The van der Waals surface area contributed by atoms with Crippen molar-refractivity contribution in [2.75, 3.05) is 26.2 Å². The average Bonchev–Trinajstić information content (AvgIpc) is 2.82. The van der Waals surface area contributed by atoms with Gasteiger partial charge in [-0.25, -0.2) is 0 Å². The second-order valence-corrected chi connectivity index (χ2v) is 8.64. The van der Waals surface area contributed by atoms with Crippen molar-refractivity contribution < 1.29 is 9.53 Å². The molecule has 0 bridgehead atoms. The third-order valence-corrected chi connectivity index (χ3v) is 6.89. The molecule has 0 atom stereocenters. The van der Waals surface area contributed by atoms with Gasteiger partial charge in [0.15, 0.2) is 0 Å². The molecule has 1 amide bonds. The molecule has 2 heterocycles. The molecule has 28 heavy (non-hydrogen) atoms. The number of benzene rings is 1.